The molecular weight excluding hydrogens is 494 g/mol. The highest BCUT2D eigenvalue weighted by atomic mass is 79.9. The fourth-order valence-corrected chi connectivity index (χ4v) is 5.03. The Hall–Kier alpha value is -2.66. The summed E-state index contributed by atoms with van der Waals surface area (Å²) in [6.07, 6.45) is 0.983. The molecule has 0 bridgehead atoms. The van der Waals surface area contributed by atoms with E-state index < -0.39 is 23.5 Å². The molecule has 3 aliphatic heterocycles. The molecule has 9 nitrogen and oxygen atoms in total. The van der Waals surface area contributed by atoms with Gasteiger partial charge < -0.3 is 29.5 Å². The van der Waals surface area contributed by atoms with Crippen molar-refractivity contribution in [2.45, 2.75) is 24.4 Å². The van der Waals surface area contributed by atoms with Gasteiger partial charge in [-0.25, -0.2) is 4.79 Å². The predicted octanol–water partition coefficient (Wildman–Crippen LogP) is 3.02. The van der Waals surface area contributed by atoms with Gasteiger partial charge in [0.05, 0.1) is 31.7 Å². The zero-order chi connectivity index (χ0) is 23.2. The zero-order valence-electron chi connectivity index (χ0n) is 18.0. The first kappa shape index (κ1) is 22.1. The number of anilines is 2. The fourth-order valence-electron chi connectivity index (χ4n) is 4.67. The van der Waals surface area contributed by atoms with Gasteiger partial charge in [0.25, 0.3) is 11.6 Å². The Morgan fingerprint density at radius 3 is 2.58 bits per heavy atom. The van der Waals surface area contributed by atoms with Crippen LogP contribution in [0.5, 0.6) is 5.75 Å². The molecule has 0 unspecified atom stereocenters. The molecule has 0 saturated carbocycles. The first-order valence-corrected chi connectivity index (χ1v) is 11.5. The van der Waals surface area contributed by atoms with Crippen LogP contribution in [0.2, 0.25) is 0 Å². The molecule has 1 atom stereocenters. The fraction of sp³-hybridized carbons (Fsp3) is 0.391. The van der Waals surface area contributed by atoms with Gasteiger partial charge in [-0.2, -0.15) is 0 Å². The van der Waals surface area contributed by atoms with Crippen LogP contribution in [0.4, 0.5) is 16.2 Å². The van der Waals surface area contributed by atoms with E-state index in [4.69, 9.17) is 14.2 Å². The van der Waals surface area contributed by atoms with E-state index in [1.165, 1.54) is 7.11 Å². The van der Waals surface area contributed by atoms with E-state index in [0.29, 0.717) is 60.7 Å². The van der Waals surface area contributed by atoms with Crippen LogP contribution < -0.4 is 15.0 Å². The standard InChI is InChI=1S/C23H24BrN3O6/c1-31-17-4-2-3-16(14-17)27-21(29)25-19-6-5-15(24)13-18(19)23(27,30)20(28)26-9-7-22(8-10-26)32-11-12-33-22/h2-6,13-14,30H,7-12H2,1H3,(H,25,29)/t23-/m1/s1. The number of rotatable bonds is 3. The van der Waals surface area contributed by atoms with Crippen LogP contribution in [0.1, 0.15) is 18.4 Å². The minimum Gasteiger partial charge on any atom is -0.497 e. The van der Waals surface area contributed by atoms with Crippen molar-refractivity contribution >= 4 is 39.2 Å². The molecule has 2 N–H and O–H groups in total. The Kier molecular flexibility index (Phi) is 5.56. The minimum atomic E-state index is -2.27. The lowest BCUT2D eigenvalue weighted by Crippen LogP contribution is -2.64. The van der Waals surface area contributed by atoms with Gasteiger partial charge in [0.2, 0.25) is 0 Å². The molecule has 0 aliphatic carbocycles. The van der Waals surface area contributed by atoms with Gasteiger partial charge in [-0.15, -0.1) is 0 Å². The Labute approximate surface area is 199 Å². The van der Waals surface area contributed by atoms with Crippen molar-refractivity contribution < 1.29 is 28.9 Å². The summed E-state index contributed by atoms with van der Waals surface area (Å²) >= 11 is 3.42. The molecule has 5 rings (SSSR count). The second kappa shape index (κ2) is 8.28. The molecule has 2 aromatic carbocycles. The van der Waals surface area contributed by atoms with E-state index in [9.17, 15) is 14.7 Å². The van der Waals surface area contributed by atoms with Crippen LogP contribution in [0, 0.1) is 0 Å². The number of hydrogen-bond donors (Lipinski definition) is 2. The molecule has 33 heavy (non-hydrogen) atoms. The highest BCUT2D eigenvalue weighted by molar-refractivity contribution is 9.10. The highest BCUT2D eigenvalue weighted by Crippen LogP contribution is 2.43. The van der Waals surface area contributed by atoms with E-state index in [0.717, 1.165) is 4.90 Å². The number of hydrogen-bond acceptors (Lipinski definition) is 6. The maximum absolute atomic E-state index is 14.0. The number of methoxy groups -OCH3 is 1. The molecule has 2 aromatic rings. The lowest BCUT2D eigenvalue weighted by atomic mass is 9.93. The van der Waals surface area contributed by atoms with Crippen LogP contribution in [0.15, 0.2) is 46.9 Å². The van der Waals surface area contributed by atoms with E-state index in [2.05, 4.69) is 21.2 Å². The molecule has 174 valence electrons. The van der Waals surface area contributed by atoms with Crippen molar-refractivity contribution in [1.82, 2.24) is 4.90 Å². The van der Waals surface area contributed by atoms with Crippen LogP contribution in [-0.2, 0) is 20.0 Å². The second-order valence-corrected chi connectivity index (χ2v) is 9.14. The molecule has 0 aromatic heterocycles. The summed E-state index contributed by atoms with van der Waals surface area (Å²) in [6, 6.07) is 11.1. The maximum atomic E-state index is 14.0. The Bertz CT molecular complexity index is 1100. The molecule has 10 heteroatoms. The number of aliphatic hydroxyl groups is 1. The highest BCUT2D eigenvalue weighted by Gasteiger charge is 2.55. The van der Waals surface area contributed by atoms with E-state index in [-0.39, 0.29) is 5.56 Å². The number of halogens is 1. The third-order valence-corrected chi connectivity index (χ3v) is 6.85. The van der Waals surface area contributed by atoms with Gasteiger partial charge in [-0.1, -0.05) is 22.0 Å². The Balaban J connectivity index is 1.57. The number of likely N-dealkylation sites (tertiary alicyclic amines) is 1. The molecule has 2 fully saturated rings. The van der Waals surface area contributed by atoms with Crippen molar-refractivity contribution in [2.75, 3.05) is 43.6 Å². The lowest BCUT2D eigenvalue weighted by Gasteiger charge is -2.46. The summed E-state index contributed by atoms with van der Waals surface area (Å²) in [4.78, 5) is 29.8. The number of fused-ring (bicyclic) bond motifs is 1. The SMILES string of the molecule is COc1cccc(N2C(=O)Nc3ccc(Br)cc3[C@@]2(O)C(=O)N2CCC3(CC2)OCCO3)c1. The number of piperidine rings is 1. The third kappa shape index (κ3) is 3.67. The molecule has 2 saturated heterocycles. The van der Waals surface area contributed by atoms with Crippen molar-refractivity contribution in [1.29, 1.82) is 0 Å². The first-order chi connectivity index (χ1) is 15.9. The number of amides is 3. The molecule has 1 spiro atoms. The molecule has 3 aliphatic rings. The number of nitrogens with one attached hydrogen (secondary N) is 1. The Morgan fingerprint density at radius 2 is 1.88 bits per heavy atom. The summed E-state index contributed by atoms with van der Waals surface area (Å²) < 4.78 is 17.5. The van der Waals surface area contributed by atoms with Crippen LogP contribution in [0.3, 0.4) is 0 Å². The van der Waals surface area contributed by atoms with Crippen LogP contribution >= 0.6 is 15.9 Å². The average molecular weight is 518 g/mol. The van der Waals surface area contributed by atoms with Gasteiger partial charge in [0, 0.05) is 42.0 Å². The normalized spacial score (nSPS) is 23.9. The summed E-state index contributed by atoms with van der Waals surface area (Å²) in [5.41, 5.74) is -1.30. The monoisotopic (exact) mass is 517 g/mol. The van der Waals surface area contributed by atoms with Crippen LogP contribution in [-0.4, -0.2) is 61.1 Å². The van der Waals surface area contributed by atoms with E-state index in [1.807, 2.05) is 0 Å². The minimum absolute atomic E-state index is 0.276. The van der Waals surface area contributed by atoms with Gasteiger partial charge in [0.15, 0.2) is 5.79 Å². The molecule has 3 heterocycles. The number of ether oxygens (including phenoxy) is 3. The lowest BCUT2D eigenvalue weighted by molar-refractivity contribution is -0.192. The smallest absolute Gasteiger partial charge is 0.329 e. The van der Waals surface area contributed by atoms with Crippen molar-refractivity contribution in [2.24, 2.45) is 0 Å². The Morgan fingerprint density at radius 1 is 1.15 bits per heavy atom. The number of carbonyl (C=O) groups excluding carboxylic acids is 2. The third-order valence-electron chi connectivity index (χ3n) is 6.36. The second-order valence-electron chi connectivity index (χ2n) is 8.23. The van der Waals surface area contributed by atoms with Crippen LogP contribution in [0.25, 0.3) is 0 Å². The molecule has 3 amide bonds. The number of nitrogens with zero attached hydrogens (tertiary/aromatic N) is 2. The first-order valence-electron chi connectivity index (χ1n) is 10.7. The quantitative estimate of drug-likeness (QED) is 0.648. The van der Waals surface area contributed by atoms with Gasteiger partial charge in [-0.05, 0) is 30.3 Å². The van der Waals surface area contributed by atoms with E-state index >= 15 is 0 Å². The summed E-state index contributed by atoms with van der Waals surface area (Å²) in [5.74, 6) is -0.769. The number of carbonyl (C=O) groups is 2. The molecule has 0 radical (unpaired) electrons. The van der Waals surface area contributed by atoms with Gasteiger partial charge >= 0.3 is 6.03 Å². The van der Waals surface area contributed by atoms with E-state index in [1.54, 1.807) is 47.4 Å². The maximum Gasteiger partial charge on any atom is 0.329 e. The van der Waals surface area contributed by atoms with Gasteiger partial charge in [0.1, 0.15) is 5.75 Å². The molecular formula is C23H24BrN3O6. The van der Waals surface area contributed by atoms with Gasteiger partial charge in [-0.3, -0.25) is 9.69 Å². The predicted molar refractivity (Wildman–Crippen MR) is 123 cm³/mol. The number of urea groups is 1. The summed E-state index contributed by atoms with van der Waals surface area (Å²) in [5, 5.41) is 14.9. The summed E-state index contributed by atoms with van der Waals surface area (Å²) in [6.45, 7) is 1.72. The largest absolute Gasteiger partial charge is 0.497 e. The van der Waals surface area contributed by atoms with Crippen molar-refractivity contribution in [3.05, 3.63) is 52.5 Å². The van der Waals surface area contributed by atoms with Crippen molar-refractivity contribution in [3.63, 3.8) is 0 Å². The van der Waals surface area contributed by atoms with Crippen molar-refractivity contribution in [3.8, 4) is 5.75 Å². The summed E-state index contributed by atoms with van der Waals surface area (Å²) in [7, 11) is 1.51. The zero-order valence-corrected chi connectivity index (χ0v) is 19.6. The average Bonchev–Trinajstić information content (AvgIpc) is 3.27. The number of benzene rings is 2. The topological polar surface area (TPSA) is 101 Å².